The van der Waals surface area contributed by atoms with Crippen molar-refractivity contribution >= 4 is 11.0 Å². The van der Waals surface area contributed by atoms with Crippen LogP contribution in [0.15, 0.2) is 18.2 Å². The quantitative estimate of drug-likeness (QED) is 0.616. The number of halogens is 1. The van der Waals surface area contributed by atoms with E-state index in [1.165, 1.54) is 12.1 Å². The summed E-state index contributed by atoms with van der Waals surface area (Å²) in [6, 6.07) is 5.39. The molecule has 0 unspecified atom stereocenters. The molecule has 13 heavy (non-hydrogen) atoms. The van der Waals surface area contributed by atoms with Gasteiger partial charge in [0.05, 0.1) is 5.52 Å². The maximum absolute atomic E-state index is 12.7. The summed E-state index contributed by atoms with van der Waals surface area (Å²) in [7, 11) is 0. The molecule has 1 aromatic heterocycles. The number of nitriles is 1. The molecule has 4 nitrogen and oxygen atoms in total. The van der Waals surface area contributed by atoms with E-state index in [1.54, 1.807) is 6.07 Å². The van der Waals surface area contributed by atoms with Crippen molar-refractivity contribution in [1.29, 1.82) is 5.26 Å². The van der Waals surface area contributed by atoms with E-state index < -0.39 is 5.82 Å². The highest BCUT2D eigenvalue weighted by Crippen LogP contribution is 2.14. The average molecular weight is 177 g/mol. The van der Waals surface area contributed by atoms with Crippen molar-refractivity contribution in [3.05, 3.63) is 29.8 Å². The van der Waals surface area contributed by atoms with Crippen molar-refractivity contribution in [2.75, 3.05) is 0 Å². The molecule has 0 aliphatic heterocycles. The highest BCUT2D eigenvalue weighted by atomic mass is 19.1. The molecular weight excluding hydrogens is 173 g/mol. The van der Waals surface area contributed by atoms with Gasteiger partial charge in [0.15, 0.2) is 0 Å². The molecule has 64 valence electrons. The fourth-order valence-electron chi connectivity index (χ4n) is 1.11. The minimum absolute atomic E-state index is 0.152. The average Bonchev–Trinajstić information content (AvgIpc) is 2.42. The first-order chi connectivity index (χ1) is 6.22. The van der Waals surface area contributed by atoms with Gasteiger partial charge in [0.25, 0.3) is 0 Å². The molecule has 1 aromatic carbocycles. The molecule has 5 heteroatoms. The molecule has 0 spiro atoms. The van der Waals surface area contributed by atoms with Crippen LogP contribution in [0.1, 0.15) is 5.82 Å². The maximum atomic E-state index is 12.7. The van der Waals surface area contributed by atoms with Crippen molar-refractivity contribution in [2.24, 2.45) is 0 Å². The Morgan fingerprint density at radius 3 is 3.00 bits per heavy atom. The van der Waals surface area contributed by atoms with Crippen LogP contribution in [-0.4, -0.2) is 14.9 Å². The van der Waals surface area contributed by atoms with Gasteiger partial charge in [-0.3, -0.25) is 0 Å². The van der Waals surface area contributed by atoms with E-state index in [4.69, 9.17) is 5.26 Å². The molecule has 1 N–H and O–H groups in total. The predicted octanol–water partition coefficient (Wildman–Crippen LogP) is 1.28. The number of imidazole rings is 1. The fraction of sp³-hybridized carbons (Fsp3) is 0. The van der Waals surface area contributed by atoms with Crippen LogP contribution in [-0.2, 0) is 0 Å². The zero-order chi connectivity index (χ0) is 9.42. The molecule has 0 saturated heterocycles. The Morgan fingerprint density at radius 2 is 2.31 bits per heavy atom. The topological polar surface area (TPSA) is 61.8 Å². The van der Waals surface area contributed by atoms with Crippen LogP contribution in [0.2, 0.25) is 0 Å². The van der Waals surface area contributed by atoms with Gasteiger partial charge in [-0.05, 0) is 12.1 Å². The lowest BCUT2D eigenvalue weighted by Crippen LogP contribution is -1.93. The van der Waals surface area contributed by atoms with Gasteiger partial charge in [0, 0.05) is 6.07 Å². The summed E-state index contributed by atoms with van der Waals surface area (Å²) in [5.41, 5.74) is 0.581. The SMILES string of the molecule is N#Cc1nc2cc(F)ccc2n1O. The first-order valence-corrected chi connectivity index (χ1v) is 3.50. The zero-order valence-corrected chi connectivity index (χ0v) is 6.40. The van der Waals surface area contributed by atoms with Gasteiger partial charge in [-0.1, -0.05) is 0 Å². The Labute approximate surface area is 72.4 Å². The minimum Gasteiger partial charge on any atom is -0.426 e. The summed E-state index contributed by atoms with van der Waals surface area (Å²) in [6.45, 7) is 0. The number of hydrogen-bond acceptors (Lipinski definition) is 3. The first-order valence-electron chi connectivity index (χ1n) is 3.50. The van der Waals surface area contributed by atoms with E-state index in [9.17, 15) is 9.60 Å². The van der Waals surface area contributed by atoms with Gasteiger partial charge in [0.1, 0.15) is 17.4 Å². The Hall–Kier alpha value is -2.09. The van der Waals surface area contributed by atoms with Crippen LogP contribution in [0.4, 0.5) is 4.39 Å². The third-order valence-electron chi connectivity index (χ3n) is 1.69. The second-order valence-corrected chi connectivity index (χ2v) is 2.49. The molecule has 0 atom stereocenters. The molecule has 1 heterocycles. The van der Waals surface area contributed by atoms with Crippen molar-refractivity contribution < 1.29 is 9.60 Å². The Balaban J connectivity index is 2.86. The highest BCUT2D eigenvalue weighted by molar-refractivity contribution is 5.76. The number of aromatic nitrogens is 2. The van der Waals surface area contributed by atoms with E-state index in [-0.39, 0.29) is 11.3 Å². The largest absolute Gasteiger partial charge is 0.426 e. The van der Waals surface area contributed by atoms with E-state index in [2.05, 4.69) is 4.98 Å². The van der Waals surface area contributed by atoms with Crippen molar-refractivity contribution in [3.8, 4) is 6.07 Å². The molecular formula is C8H4FN3O. The van der Waals surface area contributed by atoms with Crippen molar-refractivity contribution in [2.45, 2.75) is 0 Å². The van der Waals surface area contributed by atoms with Gasteiger partial charge >= 0.3 is 0 Å². The molecule has 0 radical (unpaired) electrons. The third kappa shape index (κ3) is 0.999. The predicted molar refractivity (Wildman–Crippen MR) is 41.6 cm³/mol. The highest BCUT2D eigenvalue weighted by Gasteiger charge is 2.08. The van der Waals surface area contributed by atoms with Crippen LogP contribution in [0.5, 0.6) is 0 Å². The van der Waals surface area contributed by atoms with Gasteiger partial charge in [-0.25, -0.2) is 9.37 Å². The lowest BCUT2D eigenvalue weighted by atomic mass is 10.3. The zero-order valence-electron chi connectivity index (χ0n) is 6.40. The number of nitrogens with zero attached hydrogens (tertiary/aromatic N) is 3. The van der Waals surface area contributed by atoms with E-state index >= 15 is 0 Å². The summed E-state index contributed by atoms with van der Waals surface area (Å²) in [5, 5.41) is 17.8. The summed E-state index contributed by atoms with van der Waals surface area (Å²) in [5.74, 6) is -0.601. The Morgan fingerprint density at radius 1 is 1.54 bits per heavy atom. The fourth-order valence-corrected chi connectivity index (χ4v) is 1.11. The monoisotopic (exact) mass is 177 g/mol. The van der Waals surface area contributed by atoms with Gasteiger partial charge in [-0.2, -0.15) is 9.99 Å². The third-order valence-corrected chi connectivity index (χ3v) is 1.69. The molecule has 0 amide bonds. The summed E-state index contributed by atoms with van der Waals surface area (Å²) >= 11 is 0. The van der Waals surface area contributed by atoms with Crippen LogP contribution in [0.25, 0.3) is 11.0 Å². The van der Waals surface area contributed by atoms with Crippen molar-refractivity contribution in [1.82, 2.24) is 9.71 Å². The summed E-state index contributed by atoms with van der Waals surface area (Å²) in [4.78, 5) is 3.70. The lowest BCUT2D eigenvalue weighted by molar-refractivity contribution is 0.195. The van der Waals surface area contributed by atoms with E-state index in [0.29, 0.717) is 10.2 Å². The van der Waals surface area contributed by atoms with Crippen LogP contribution < -0.4 is 0 Å². The lowest BCUT2D eigenvalue weighted by Gasteiger charge is -1.92. The molecule has 0 aliphatic carbocycles. The molecule has 0 aliphatic rings. The Kier molecular flexibility index (Phi) is 1.43. The van der Waals surface area contributed by atoms with E-state index in [0.717, 1.165) is 6.07 Å². The minimum atomic E-state index is -0.449. The Bertz CT molecular complexity index is 512. The number of benzene rings is 1. The molecule has 2 rings (SSSR count). The summed E-state index contributed by atoms with van der Waals surface area (Å²) < 4.78 is 13.3. The number of hydrogen-bond donors (Lipinski definition) is 1. The number of rotatable bonds is 0. The van der Waals surface area contributed by atoms with Gasteiger partial charge in [0.2, 0.25) is 5.82 Å². The molecule has 0 fully saturated rings. The van der Waals surface area contributed by atoms with Gasteiger partial charge < -0.3 is 5.21 Å². The molecule has 0 saturated carbocycles. The van der Waals surface area contributed by atoms with Gasteiger partial charge in [-0.15, -0.1) is 0 Å². The molecule has 2 aromatic rings. The second kappa shape index (κ2) is 2.45. The second-order valence-electron chi connectivity index (χ2n) is 2.49. The first kappa shape index (κ1) is 7.55. The smallest absolute Gasteiger partial charge is 0.247 e. The molecule has 0 bridgehead atoms. The van der Waals surface area contributed by atoms with Crippen molar-refractivity contribution in [3.63, 3.8) is 0 Å². The van der Waals surface area contributed by atoms with E-state index in [1.807, 2.05) is 0 Å². The van der Waals surface area contributed by atoms with Crippen LogP contribution in [0.3, 0.4) is 0 Å². The normalized spacial score (nSPS) is 10.2. The van der Waals surface area contributed by atoms with Crippen LogP contribution in [0, 0.1) is 17.1 Å². The number of fused-ring (bicyclic) bond motifs is 1. The maximum Gasteiger partial charge on any atom is 0.247 e. The van der Waals surface area contributed by atoms with Crippen LogP contribution >= 0.6 is 0 Å². The summed E-state index contributed by atoms with van der Waals surface area (Å²) in [6.07, 6.45) is 0. The standard InChI is InChI=1S/C8H4FN3O/c9-5-1-2-7-6(3-5)11-8(4-10)12(7)13/h1-3,13H.